The van der Waals surface area contributed by atoms with Crippen LogP contribution in [-0.4, -0.2) is 31.7 Å². The van der Waals surface area contributed by atoms with Crippen molar-refractivity contribution in [3.8, 4) is 5.75 Å². The number of benzene rings is 1. The lowest BCUT2D eigenvalue weighted by atomic mass is 10.2. The van der Waals surface area contributed by atoms with Crippen molar-refractivity contribution in [1.29, 1.82) is 0 Å². The van der Waals surface area contributed by atoms with Gasteiger partial charge in [0.1, 0.15) is 11.9 Å². The molecule has 1 unspecified atom stereocenters. The molecule has 0 bridgehead atoms. The summed E-state index contributed by atoms with van der Waals surface area (Å²) in [4.78, 5) is 4.60. The quantitative estimate of drug-likeness (QED) is 0.599. The maximum Gasteiger partial charge on any atom is 0.191 e. The largest absolute Gasteiger partial charge is 0.489 e. The maximum atomic E-state index is 5.90. The molecule has 2 N–H and O–H groups in total. The van der Waals surface area contributed by atoms with Crippen LogP contribution in [0.3, 0.4) is 0 Å². The molecule has 1 aliphatic carbocycles. The van der Waals surface area contributed by atoms with E-state index in [1.165, 1.54) is 18.4 Å². The van der Waals surface area contributed by atoms with Gasteiger partial charge in [-0.05, 0) is 57.2 Å². The molecule has 0 saturated heterocycles. The van der Waals surface area contributed by atoms with E-state index in [4.69, 9.17) is 4.74 Å². The zero-order chi connectivity index (χ0) is 15.1. The average molecular weight is 289 g/mol. The number of hydrogen-bond donors (Lipinski definition) is 2. The van der Waals surface area contributed by atoms with E-state index in [1.54, 1.807) is 0 Å². The van der Waals surface area contributed by atoms with Gasteiger partial charge in [-0.3, -0.25) is 0 Å². The molecular formula is C17H27N3O. The predicted octanol–water partition coefficient (Wildman–Crippen LogP) is 2.73. The first-order valence-electron chi connectivity index (χ1n) is 7.93. The Balaban J connectivity index is 1.80. The Labute approximate surface area is 128 Å². The molecule has 2 rings (SSSR count). The van der Waals surface area contributed by atoms with Crippen LogP contribution in [0.15, 0.2) is 29.3 Å². The summed E-state index contributed by atoms with van der Waals surface area (Å²) < 4.78 is 5.90. The van der Waals surface area contributed by atoms with E-state index < -0.39 is 0 Å². The van der Waals surface area contributed by atoms with Crippen molar-refractivity contribution in [2.24, 2.45) is 10.9 Å². The van der Waals surface area contributed by atoms with Gasteiger partial charge in [0.2, 0.25) is 0 Å². The summed E-state index contributed by atoms with van der Waals surface area (Å²) in [5.74, 6) is 2.65. The van der Waals surface area contributed by atoms with Crippen LogP contribution < -0.4 is 15.4 Å². The molecule has 1 saturated carbocycles. The zero-order valence-electron chi connectivity index (χ0n) is 13.4. The SMILES string of the molecule is CCNC(=NCC(C)Oc1cccc(C)c1)NCC1CC1. The Bertz CT molecular complexity index is 469. The molecule has 1 aliphatic rings. The number of hydrogen-bond acceptors (Lipinski definition) is 2. The van der Waals surface area contributed by atoms with Crippen LogP contribution in [0.25, 0.3) is 0 Å². The van der Waals surface area contributed by atoms with E-state index in [1.807, 2.05) is 12.1 Å². The zero-order valence-corrected chi connectivity index (χ0v) is 13.4. The fourth-order valence-corrected chi connectivity index (χ4v) is 2.08. The highest BCUT2D eigenvalue weighted by Crippen LogP contribution is 2.27. The van der Waals surface area contributed by atoms with Crippen molar-refractivity contribution < 1.29 is 4.74 Å². The molecular weight excluding hydrogens is 262 g/mol. The highest BCUT2D eigenvalue weighted by molar-refractivity contribution is 5.79. The summed E-state index contributed by atoms with van der Waals surface area (Å²) in [7, 11) is 0. The topological polar surface area (TPSA) is 45.7 Å². The first-order valence-corrected chi connectivity index (χ1v) is 7.93. The molecule has 1 aromatic rings. The standard InChI is InChI=1S/C17H27N3O/c1-4-18-17(20-12-15-8-9-15)19-11-14(3)21-16-7-5-6-13(2)10-16/h5-7,10,14-15H,4,8-9,11-12H2,1-3H3,(H2,18,19,20). The van der Waals surface area contributed by atoms with Gasteiger partial charge in [0, 0.05) is 13.1 Å². The second-order valence-electron chi connectivity index (χ2n) is 5.79. The van der Waals surface area contributed by atoms with Crippen LogP contribution in [0.5, 0.6) is 5.75 Å². The van der Waals surface area contributed by atoms with Gasteiger partial charge >= 0.3 is 0 Å². The molecule has 1 aromatic carbocycles. The van der Waals surface area contributed by atoms with Gasteiger partial charge in [-0.15, -0.1) is 0 Å². The number of aliphatic imine (C=N–C) groups is 1. The van der Waals surface area contributed by atoms with Gasteiger partial charge in [-0.25, -0.2) is 4.99 Å². The summed E-state index contributed by atoms with van der Waals surface area (Å²) in [6.45, 7) is 8.76. The van der Waals surface area contributed by atoms with Crippen LogP contribution in [0.1, 0.15) is 32.3 Å². The van der Waals surface area contributed by atoms with Gasteiger partial charge in [0.25, 0.3) is 0 Å². The van der Waals surface area contributed by atoms with Crippen LogP contribution in [0.2, 0.25) is 0 Å². The lowest BCUT2D eigenvalue weighted by Crippen LogP contribution is -2.39. The van der Waals surface area contributed by atoms with E-state index in [0.29, 0.717) is 6.54 Å². The summed E-state index contributed by atoms with van der Waals surface area (Å²) in [5, 5.41) is 6.67. The van der Waals surface area contributed by atoms with Crippen molar-refractivity contribution in [2.45, 2.75) is 39.7 Å². The number of guanidine groups is 1. The lowest BCUT2D eigenvalue weighted by Gasteiger charge is -2.15. The van der Waals surface area contributed by atoms with Crippen molar-refractivity contribution in [3.05, 3.63) is 29.8 Å². The molecule has 1 atom stereocenters. The monoisotopic (exact) mass is 289 g/mol. The highest BCUT2D eigenvalue weighted by Gasteiger charge is 2.21. The second-order valence-corrected chi connectivity index (χ2v) is 5.79. The first-order chi connectivity index (χ1) is 10.2. The third kappa shape index (κ3) is 6.06. The number of aryl methyl sites for hydroxylation is 1. The van der Waals surface area contributed by atoms with Gasteiger partial charge in [-0.1, -0.05) is 12.1 Å². The minimum absolute atomic E-state index is 0.0585. The van der Waals surface area contributed by atoms with Gasteiger partial charge < -0.3 is 15.4 Å². The summed E-state index contributed by atoms with van der Waals surface area (Å²) >= 11 is 0. The number of rotatable bonds is 7. The molecule has 0 heterocycles. The van der Waals surface area contributed by atoms with Crippen LogP contribution in [0, 0.1) is 12.8 Å². The Morgan fingerprint density at radius 1 is 1.38 bits per heavy atom. The summed E-state index contributed by atoms with van der Waals surface area (Å²) in [6, 6.07) is 8.13. The van der Waals surface area contributed by atoms with Crippen molar-refractivity contribution in [2.75, 3.05) is 19.6 Å². The summed E-state index contributed by atoms with van der Waals surface area (Å²) in [5.41, 5.74) is 1.21. The van der Waals surface area contributed by atoms with Gasteiger partial charge in [0.15, 0.2) is 5.96 Å². The lowest BCUT2D eigenvalue weighted by molar-refractivity contribution is 0.230. The molecule has 1 fully saturated rings. The molecule has 4 nitrogen and oxygen atoms in total. The normalized spacial score (nSPS) is 16.4. The Morgan fingerprint density at radius 3 is 2.86 bits per heavy atom. The fourth-order valence-electron chi connectivity index (χ4n) is 2.08. The third-order valence-electron chi connectivity index (χ3n) is 3.43. The van der Waals surface area contributed by atoms with Crippen molar-refractivity contribution in [1.82, 2.24) is 10.6 Å². The van der Waals surface area contributed by atoms with Crippen LogP contribution in [0.4, 0.5) is 0 Å². The fraction of sp³-hybridized carbons (Fsp3) is 0.588. The number of ether oxygens (including phenoxy) is 1. The van der Waals surface area contributed by atoms with Gasteiger partial charge in [-0.2, -0.15) is 0 Å². The van der Waals surface area contributed by atoms with E-state index in [2.05, 4.69) is 48.5 Å². The second kappa shape index (κ2) is 7.91. The van der Waals surface area contributed by atoms with Crippen molar-refractivity contribution >= 4 is 5.96 Å². The minimum atomic E-state index is 0.0585. The Morgan fingerprint density at radius 2 is 2.19 bits per heavy atom. The minimum Gasteiger partial charge on any atom is -0.489 e. The first kappa shape index (κ1) is 15.7. The third-order valence-corrected chi connectivity index (χ3v) is 3.43. The van der Waals surface area contributed by atoms with E-state index in [0.717, 1.165) is 30.7 Å². The highest BCUT2D eigenvalue weighted by atomic mass is 16.5. The molecule has 116 valence electrons. The number of nitrogens with zero attached hydrogens (tertiary/aromatic N) is 1. The number of nitrogens with one attached hydrogen (secondary N) is 2. The average Bonchev–Trinajstić information content (AvgIpc) is 3.26. The molecule has 0 radical (unpaired) electrons. The molecule has 0 amide bonds. The molecule has 0 aliphatic heterocycles. The van der Waals surface area contributed by atoms with E-state index in [9.17, 15) is 0 Å². The Kier molecular flexibility index (Phi) is 5.90. The van der Waals surface area contributed by atoms with E-state index >= 15 is 0 Å². The van der Waals surface area contributed by atoms with Gasteiger partial charge in [0.05, 0.1) is 6.54 Å². The summed E-state index contributed by atoms with van der Waals surface area (Å²) in [6.07, 6.45) is 2.75. The predicted molar refractivity (Wildman–Crippen MR) is 88.0 cm³/mol. The van der Waals surface area contributed by atoms with Crippen molar-refractivity contribution in [3.63, 3.8) is 0 Å². The molecule has 4 heteroatoms. The molecule has 0 aromatic heterocycles. The maximum absolute atomic E-state index is 5.90. The van der Waals surface area contributed by atoms with E-state index in [-0.39, 0.29) is 6.10 Å². The van der Waals surface area contributed by atoms with Crippen LogP contribution >= 0.6 is 0 Å². The smallest absolute Gasteiger partial charge is 0.191 e. The molecule has 21 heavy (non-hydrogen) atoms. The van der Waals surface area contributed by atoms with Crippen LogP contribution in [-0.2, 0) is 0 Å². The molecule has 0 spiro atoms. The Hall–Kier alpha value is -1.71.